The molecule has 0 spiro atoms. The fraction of sp³-hybridized carbons (Fsp3) is 0.333. The summed E-state index contributed by atoms with van der Waals surface area (Å²) in [5.41, 5.74) is 6.05. The van der Waals surface area contributed by atoms with Gasteiger partial charge in [0.25, 0.3) is 17.5 Å². The number of amides is 2. The molecule has 2 aromatic carbocycles. The second-order valence-corrected chi connectivity index (χ2v) is 6.08. The lowest BCUT2D eigenvalue weighted by atomic mass is 9.93. The Hall–Kier alpha value is -2.80. The largest absolute Gasteiger partial charge is 0.330 e. The van der Waals surface area contributed by atoms with Gasteiger partial charge in [-0.3, -0.25) is 24.6 Å². The predicted molar refractivity (Wildman–Crippen MR) is 93.5 cm³/mol. The highest BCUT2D eigenvalue weighted by Gasteiger charge is 2.34. The Morgan fingerprint density at radius 1 is 0.960 bits per heavy atom. The van der Waals surface area contributed by atoms with Crippen LogP contribution in [-0.2, 0) is 0 Å². The Bertz CT molecular complexity index is 841. The number of nitro benzene ring substituents is 1. The van der Waals surface area contributed by atoms with E-state index in [2.05, 4.69) is 0 Å². The maximum atomic E-state index is 12.7. The number of nitrogens with two attached hydrogens (primary N) is 1. The van der Waals surface area contributed by atoms with Gasteiger partial charge in [0.2, 0.25) is 0 Å². The van der Waals surface area contributed by atoms with E-state index >= 15 is 0 Å². The van der Waals surface area contributed by atoms with Crippen LogP contribution in [-0.4, -0.2) is 34.7 Å². The van der Waals surface area contributed by atoms with E-state index in [-0.39, 0.29) is 17.5 Å². The van der Waals surface area contributed by atoms with Crippen LogP contribution < -0.4 is 5.73 Å². The second kappa shape index (κ2) is 6.98. The number of imide groups is 1. The summed E-state index contributed by atoms with van der Waals surface area (Å²) in [6.45, 7) is 0.977. The summed E-state index contributed by atoms with van der Waals surface area (Å²) in [6, 6.07) is 7.57. The van der Waals surface area contributed by atoms with Crippen LogP contribution in [0.25, 0.3) is 10.8 Å². The molecule has 1 heterocycles. The van der Waals surface area contributed by atoms with Gasteiger partial charge in [0.1, 0.15) is 0 Å². The molecule has 0 unspecified atom stereocenters. The Kier molecular flexibility index (Phi) is 4.76. The number of rotatable bonds is 7. The van der Waals surface area contributed by atoms with Crippen LogP contribution in [0.5, 0.6) is 0 Å². The highest BCUT2D eigenvalue weighted by atomic mass is 16.6. The monoisotopic (exact) mass is 341 g/mol. The van der Waals surface area contributed by atoms with E-state index in [0.29, 0.717) is 35.0 Å². The van der Waals surface area contributed by atoms with Crippen molar-refractivity contribution in [2.75, 3.05) is 13.1 Å². The van der Waals surface area contributed by atoms with Crippen LogP contribution in [0.2, 0.25) is 0 Å². The zero-order valence-electron chi connectivity index (χ0n) is 13.7. The number of carbonyl (C=O) groups is 2. The third-order valence-electron chi connectivity index (χ3n) is 4.50. The van der Waals surface area contributed by atoms with Crippen LogP contribution in [0, 0.1) is 10.1 Å². The molecule has 130 valence electrons. The van der Waals surface area contributed by atoms with Crippen molar-refractivity contribution in [3.05, 3.63) is 51.6 Å². The van der Waals surface area contributed by atoms with Crippen LogP contribution in [0.4, 0.5) is 5.69 Å². The minimum absolute atomic E-state index is 0.101. The van der Waals surface area contributed by atoms with Gasteiger partial charge in [0, 0.05) is 29.1 Å². The number of nitro groups is 1. The molecule has 2 aromatic rings. The number of unbranched alkanes of at least 4 members (excludes halogenated alkanes) is 3. The molecule has 25 heavy (non-hydrogen) atoms. The maximum Gasteiger partial charge on any atom is 0.277 e. The minimum atomic E-state index is -0.498. The molecule has 0 saturated heterocycles. The highest BCUT2D eigenvalue weighted by molar-refractivity contribution is 6.26. The SMILES string of the molecule is NCCCCCCN1C(=O)c2cccc3c([N+](=O)[O-])ccc(c23)C1=O. The predicted octanol–water partition coefficient (Wildman–Crippen LogP) is 2.86. The third kappa shape index (κ3) is 2.98. The Morgan fingerprint density at radius 3 is 2.32 bits per heavy atom. The fourth-order valence-electron chi connectivity index (χ4n) is 3.26. The van der Waals surface area contributed by atoms with Crippen molar-refractivity contribution in [1.29, 1.82) is 0 Å². The minimum Gasteiger partial charge on any atom is -0.330 e. The van der Waals surface area contributed by atoms with Crippen LogP contribution in [0.1, 0.15) is 46.4 Å². The molecule has 7 nitrogen and oxygen atoms in total. The number of hydrogen-bond acceptors (Lipinski definition) is 5. The Labute approximate surface area is 144 Å². The van der Waals surface area contributed by atoms with Gasteiger partial charge in [-0.25, -0.2) is 0 Å². The molecule has 7 heteroatoms. The highest BCUT2D eigenvalue weighted by Crippen LogP contribution is 2.35. The van der Waals surface area contributed by atoms with E-state index in [1.807, 2.05) is 0 Å². The van der Waals surface area contributed by atoms with E-state index in [9.17, 15) is 19.7 Å². The lowest BCUT2D eigenvalue weighted by molar-refractivity contribution is -0.383. The molecular weight excluding hydrogens is 322 g/mol. The number of carbonyl (C=O) groups excluding carboxylic acids is 2. The average Bonchev–Trinajstić information content (AvgIpc) is 2.61. The topological polar surface area (TPSA) is 107 Å². The summed E-state index contributed by atoms with van der Waals surface area (Å²) in [4.78, 5) is 37.4. The number of hydrogen-bond donors (Lipinski definition) is 1. The molecule has 0 aromatic heterocycles. The van der Waals surface area contributed by atoms with Crippen LogP contribution in [0.15, 0.2) is 30.3 Å². The molecule has 1 aliphatic rings. The summed E-state index contributed by atoms with van der Waals surface area (Å²) in [6.07, 6.45) is 3.50. The van der Waals surface area contributed by atoms with Gasteiger partial charge in [-0.1, -0.05) is 18.9 Å². The normalized spacial score (nSPS) is 13.6. The van der Waals surface area contributed by atoms with Crippen molar-refractivity contribution in [3.63, 3.8) is 0 Å². The lowest BCUT2D eigenvalue weighted by Gasteiger charge is -2.27. The van der Waals surface area contributed by atoms with Gasteiger partial charge in [-0.05, 0) is 37.6 Å². The Morgan fingerprint density at radius 2 is 1.64 bits per heavy atom. The van der Waals surface area contributed by atoms with E-state index in [1.54, 1.807) is 18.2 Å². The third-order valence-corrected chi connectivity index (χ3v) is 4.50. The summed E-state index contributed by atoms with van der Waals surface area (Å²) < 4.78 is 0. The molecule has 0 radical (unpaired) electrons. The summed E-state index contributed by atoms with van der Waals surface area (Å²) >= 11 is 0. The molecular formula is C18H19N3O4. The van der Waals surface area contributed by atoms with Gasteiger partial charge >= 0.3 is 0 Å². The van der Waals surface area contributed by atoms with Gasteiger partial charge in [0.05, 0.1) is 10.3 Å². The molecule has 3 rings (SSSR count). The van der Waals surface area contributed by atoms with Gasteiger partial charge in [-0.2, -0.15) is 0 Å². The van der Waals surface area contributed by atoms with Crippen molar-refractivity contribution in [2.45, 2.75) is 25.7 Å². The number of non-ortho nitro benzene ring substituents is 1. The van der Waals surface area contributed by atoms with Crippen molar-refractivity contribution in [3.8, 4) is 0 Å². The van der Waals surface area contributed by atoms with Crippen molar-refractivity contribution < 1.29 is 14.5 Å². The second-order valence-electron chi connectivity index (χ2n) is 6.08. The first-order valence-corrected chi connectivity index (χ1v) is 8.32. The molecule has 2 amide bonds. The van der Waals surface area contributed by atoms with E-state index in [0.717, 1.165) is 25.7 Å². The van der Waals surface area contributed by atoms with Crippen LogP contribution >= 0.6 is 0 Å². The quantitative estimate of drug-likeness (QED) is 0.361. The first kappa shape index (κ1) is 17.0. The van der Waals surface area contributed by atoms with Crippen LogP contribution in [0.3, 0.4) is 0 Å². The first-order valence-electron chi connectivity index (χ1n) is 8.32. The molecule has 1 aliphatic heterocycles. The van der Waals surface area contributed by atoms with Crippen molar-refractivity contribution in [2.24, 2.45) is 5.73 Å². The maximum absolute atomic E-state index is 12.7. The number of benzene rings is 2. The molecule has 0 bridgehead atoms. The van der Waals surface area contributed by atoms with Crippen molar-refractivity contribution in [1.82, 2.24) is 4.90 Å². The summed E-state index contributed by atoms with van der Waals surface area (Å²) in [5.74, 6) is -0.773. The summed E-state index contributed by atoms with van der Waals surface area (Å²) in [7, 11) is 0. The molecule has 0 saturated carbocycles. The zero-order valence-corrected chi connectivity index (χ0v) is 13.7. The number of nitrogens with zero attached hydrogens (tertiary/aromatic N) is 2. The standard InChI is InChI=1S/C18H19N3O4/c19-10-3-1-2-4-11-20-17(22)13-7-5-6-12-15(21(24)25)9-8-14(16(12)13)18(20)23/h5-9H,1-4,10-11,19H2. The first-order chi connectivity index (χ1) is 12.1. The Balaban J connectivity index is 1.95. The van der Waals surface area contributed by atoms with Gasteiger partial charge in [-0.15, -0.1) is 0 Å². The van der Waals surface area contributed by atoms with E-state index in [1.165, 1.54) is 17.0 Å². The molecule has 0 fully saturated rings. The van der Waals surface area contributed by atoms with E-state index in [4.69, 9.17) is 5.73 Å². The van der Waals surface area contributed by atoms with E-state index < -0.39 is 4.92 Å². The molecule has 0 aliphatic carbocycles. The van der Waals surface area contributed by atoms with Gasteiger partial charge < -0.3 is 5.73 Å². The molecule has 0 atom stereocenters. The fourth-order valence-corrected chi connectivity index (χ4v) is 3.26. The van der Waals surface area contributed by atoms with Gasteiger partial charge in [0.15, 0.2) is 0 Å². The zero-order chi connectivity index (χ0) is 18.0. The summed E-state index contributed by atoms with van der Waals surface area (Å²) in [5, 5.41) is 11.9. The average molecular weight is 341 g/mol. The molecule has 2 N–H and O–H groups in total. The lowest BCUT2D eigenvalue weighted by Crippen LogP contribution is -2.40. The van der Waals surface area contributed by atoms with Crippen molar-refractivity contribution >= 4 is 28.3 Å². The smallest absolute Gasteiger partial charge is 0.277 e.